The number of carbonyl (C=O) groups is 3. The van der Waals surface area contributed by atoms with Crippen LogP contribution in [0.3, 0.4) is 0 Å². The molecule has 2 aliphatic heterocycles. The monoisotopic (exact) mass is 472 g/mol. The fourth-order valence-electron chi connectivity index (χ4n) is 3.58. The smallest absolute Gasteiger partial charge is 0.360 e. The summed E-state index contributed by atoms with van der Waals surface area (Å²) >= 11 is 7.52. The molecule has 1 saturated heterocycles. The molecule has 2 heterocycles. The second-order valence-electron chi connectivity index (χ2n) is 7.27. The van der Waals surface area contributed by atoms with Gasteiger partial charge >= 0.3 is 5.97 Å². The van der Waals surface area contributed by atoms with Crippen LogP contribution < -0.4 is 14.8 Å². The highest BCUT2D eigenvalue weighted by Crippen LogP contribution is 2.41. The fraction of sp³-hybridized carbons (Fsp3) is 0.261. The zero-order chi connectivity index (χ0) is 22.7. The number of benzene rings is 2. The van der Waals surface area contributed by atoms with Crippen LogP contribution in [0.4, 0.5) is 0 Å². The van der Waals surface area contributed by atoms with Crippen molar-refractivity contribution < 1.29 is 23.9 Å². The van der Waals surface area contributed by atoms with Crippen molar-refractivity contribution in [3.05, 3.63) is 71.4 Å². The van der Waals surface area contributed by atoms with E-state index in [1.807, 2.05) is 30.3 Å². The van der Waals surface area contributed by atoms with E-state index in [1.165, 1.54) is 16.7 Å². The Morgan fingerprint density at radius 1 is 1.12 bits per heavy atom. The van der Waals surface area contributed by atoms with Crippen LogP contribution in [0.2, 0.25) is 0 Å². The summed E-state index contributed by atoms with van der Waals surface area (Å²) in [6, 6.07) is 15.2. The Bertz CT molecular complexity index is 1060. The summed E-state index contributed by atoms with van der Waals surface area (Å²) in [5.41, 5.74) is 1.63. The molecular weight excluding hydrogens is 452 g/mol. The number of nitrogens with one attached hydrogen (secondary N) is 1. The number of hydrogen-bond acceptors (Lipinski definition) is 6. The molecule has 32 heavy (non-hydrogen) atoms. The first-order valence-electron chi connectivity index (χ1n) is 9.94. The molecule has 0 aromatic heterocycles. The normalized spacial score (nSPS) is 19.7. The second kappa shape index (κ2) is 9.67. The molecule has 0 saturated carbocycles. The topological polar surface area (TPSA) is 84.9 Å². The van der Waals surface area contributed by atoms with E-state index in [0.717, 1.165) is 5.56 Å². The van der Waals surface area contributed by atoms with Gasteiger partial charge in [-0.3, -0.25) is 14.5 Å². The molecule has 2 aromatic rings. The predicted molar refractivity (Wildman–Crippen MR) is 122 cm³/mol. The molecule has 0 spiro atoms. The van der Waals surface area contributed by atoms with E-state index in [0.29, 0.717) is 22.8 Å². The standard InChI is InChI=1S/C23H21ClN2O5S/c1-30-16-7-9-17(10-8-16)31-23(29)20-15(12-24)13-32-22-19(21(28)26(20)22)25-18(27)11-14-5-3-2-4-6-14/h2-10,19,22H,11-13H2,1H3,(H,25,27)/t19-,22-/m1/s1. The highest BCUT2D eigenvalue weighted by atomic mass is 35.5. The molecule has 7 nitrogen and oxygen atoms in total. The Morgan fingerprint density at radius 2 is 1.81 bits per heavy atom. The Kier molecular flexibility index (Phi) is 6.72. The Morgan fingerprint density at radius 3 is 2.47 bits per heavy atom. The summed E-state index contributed by atoms with van der Waals surface area (Å²) in [5.74, 6) is 0.271. The maximum Gasteiger partial charge on any atom is 0.360 e. The molecule has 2 aromatic carbocycles. The van der Waals surface area contributed by atoms with Gasteiger partial charge in [0.05, 0.1) is 13.5 Å². The van der Waals surface area contributed by atoms with Crippen LogP contribution in [-0.2, 0) is 20.8 Å². The number of β-lactam (4-membered cyclic amide) rings is 1. The number of amides is 2. The van der Waals surface area contributed by atoms with Gasteiger partial charge in [-0.2, -0.15) is 0 Å². The van der Waals surface area contributed by atoms with Gasteiger partial charge in [-0.05, 0) is 35.4 Å². The molecule has 2 aliphatic rings. The number of alkyl halides is 1. The van der Waals surface area contributed by atoms with E-state index >= 15 is 0 Å². The number of rotatable bonds is 7. The van der Waals surface area contributed by atoms with E-state index < -0.39 is 12.0 Å². The third-order valence-corrected chi connectivity index (χ3v) is 6.86. The van der Waals surface area contributed by atoms with Gasteiger partial charge in [0.15, 0.2) is 0 Å². The van der Waals surface area contributed by atoms with Gasteiger partial charge < -0.3 is 14.8 Å². The number of nitrogens with zero attached hydrogens (tertiary/aromatic N) is 1. The number of esters is 1. The Hall–Kier alpha value is -2.97. The molecule has 2 amide bonds. The van der Waals surface area contributed by atoms with Crippen molar-refractivity contribution in [3.63, 3.8) is 0 Å². The first kappa shape index (κ1) is 22.2. The van der Waals surface area contributed by atoms with Crippen molar-refractivity contribution in [3.8, 4) is 11.5 Å². The van der Waals surface area contributed by atoms with Crippen molar-refractivity contribution in [2.24, 2.45) is 0 Å². The minimum absolute atomic E-state index is 0.0988. The third-order valence-electron chi connectivity index (χ3n) is 5.20. The largest absolute Gasteiger partial charge is 0.497 e. The molecule has 0 unspecified atom stereocenters. The van der Waals surface area contributed by atoms with Crippen molar-refractivity contribution in [1.29, 1.82) is 0 Å². The van der Waals surface area contributed by atoms with Gasteiger partial charge in [0, 0.05) is 11.6 Å². The number of methoxy groups -OCH3 is 1. The zero-order valence-corrected chi connectivity index (χ0v) is 18.8. The predicted octanol–water partition coefficient (Wildman–Crippen LogP) is 2.74. The van der Waals surface area contributed by atoms with Crippen molar-refractivity contribution in [2.75, 3.05) is 18.7 Å². The lowest BCUT2D eigenvalue weighted by Gasteiger charge is -2.49. The maximum atomic E-state index is 12.9. The molecular formula is C23H21ClN2O5S. The van der Waals surface area contributed by atoms with E-state index in [9.17, 15) is 14.4 Å². The van der Waals surface area contributed by atoms with Crippen LogP contribution in [0.25, 0.3) is 0 Å². The highest BCUT2D eigenvalue weighted by molar-refractivity contribution is 8.00. The van der Waals surface area contributed by atoms with Crippen LogP contribution >= 0.6 is 23.4 Å². The number of halogens is 1. The Balaban J connectivity index is 1.45. The minimum Gasteiger partial charge on any atom is -0.497 e. The average Bonchev–Trinajstić information content (AvgIpc) is 2.82. The van der Waals surface area contributed by atoms with Crippen molar-refractivity contribution in [1.82, 2.24) is 10.2 Å². The molecule has 2 atom stereocenters. The first-order valence-corrected chi connectivity index (χ1v) is 11.5. The molecule has 1 fully saturated rings. The number of thioether (sulfide) groups is 1. The van der Waals surface area contributed by atoms with Crippen LogP contribution in [0.5, 0.6) is 11.5 Å². The molecule has 4 rings (SSSR count). The van der Waals surface area contributed by atoms with E-state index in [4.69, 9.17) is 21.1 Å². The molecule has 0 bridgehead atoms. The quantitative estimate of drug-likeness (QED) is 0.289. The molecule has 166 valence electrons. The highest BCUT2D eigenvalue weighted by Gasteiger charge is 2.54. The van der Waals surface area contributed by atoms with Gasteiger partial charge in [0.25, 0.3) is 5.91 Å². The third kappa shape index (κ3) is 4.47. The lowest BCUT2D eigenvalue weighted by Crippen LogP contribution is -2.70. The van der Waals surface area contributed by atoms with E-state index in [2.05, 4.69) is 5.32 Å². The lowest BCUT2D eigenvalue weighted by molar-refractivity contribution is -0.150. The number of fused-ring (bicyclic) bond motifs is 1. The SMILES string of the molecule is COc1ccc(OC(=O)C2=C(CCl)CS[C@@H]3[C@H](NC(=O)Cc4ccccc4)C(=O)N23)cc1. The summed E-state index contributed by atoms with van der Waals surface area (Å²) < 4.78 is 10.6. The fourth-order valence-corrected chi connectivity index (χ4v) is 5.26. The number of ether oxygens (including phenoxy) is 2. The summed E-state index contributed by atoms with van der Waals surface area (Å²) in [7, 11) is 1.54. The number of carbonyl (C=O) groups excluding carboxylic acids is 3. The second-order valence-corrected chi connectivity index (χ2v) is 8.64. The minimum atomic E-state index is -0.697. The van der Waals surface area contributed by atoms with Crippen LogP contribution in [0.1, 0.15) is 5.56 Å². The molecule has 1 N–H and O–H groups in total. The van der Waals surface area contributed by atoms with Gasteiger partial charge in [-0.15, -0.1) is 23.4 Å². The summed E-state index contributed by atoms with van der Waals surface area (Å²) in [5, 5.41) is 2.41. The molecule has 9 heteroatoms. The van der Waals surface area contributed by atoms with Gasteiger partial charge in [-0.1, -0.05) is 30.3 Å². The molecule has 0 aliphatic carbocycles. The lowest BCUT2D eigenvalue weighted by atomic mass is 10.0. The van der Waals surface area contributed by atoms with Crippen LogP contribution in [0, 0.1) is 0 Å². The van der Waals surface area contributed by atoms with Gasteiger partial charge in [-0.25, -0.2) is 4.79 Å². The van der Waals surface area contributed by atoms with E-state index in [-0.39, 0.29) is 35.2 Å². The average molecular weight is 473 g/mol. The Labute approximate surface area is 194 Å². The van der Waals surface area contributed by atoms with Gasteiger partial charge in [0.2, 0.25) is 5.91 Å². The van der Waals surface area contributed by atoms with Crippen molar-refractivity contribution >= 4 is 41.1 Å². The van der Waals surface area contributed by atoms with Crippen LogP contribution in [-0.4, -0.2) is 52.8 Å². The van der Waals surface area contributed by atoms with E-state index in [1.54, 1.807) is 31.4 Å². The maximum absolute atomic E-state index is 12.9. The summed E-state index contributed by atoms with van der Waals surface area (Å²) in [6.45, 7) is 0. The summed E-state index contributed by atoms with van der Waals surface area (Å²) in [6.07, 6.45) is 0.178. The zero-order valence-electron chi connectivity index (χ0n) is 17.2. The van der Waals surface area contributed by atoms with Crippen LogP contribution in [0.15, 0.2) is 65.9 Å². The van der Waals surface area contributed by atoms with Gasteiger partial charge in [0.1, 0.15) is 28.6 Å². The molecule has 0 radical (unpaired) electrons. The summed E-state index contributed by atoms with van der Waals surface area (Å²) in [4.78, 5) is 39.6. The number of hydrogen-bond donors (Lipinski definition) is 1. The first-order chi connectivity index (χ1) is 15.5. The van der Waals surface area contributed by atoms with Crippen molar-refractivity contribution in [2.45, 2.75) is 17.8 Å².